The number of carboxylic acids is 1. The molecule has 1 aromatic heterocycles. The first-order valence-corrected chi connectivity index (χ1v) is 7.07. The summed E-state index contributed by atoms with van der Waals surface area (Å²) in [6, 6.07) is 4.51. The highest BCUT2D eigenvalue weighted by Gasteiger charge is 2.48. The van der Waals surface area contributed by atoms with E-state index in [1.54, 1.807) is 0 Å². The van der Waals surface area contributed by atoms with Gasteiger partial charge in [0.25, 0.3) is 0 Å². The zero-order chi connectivity index (χ0) is 16.7. The fraction of sp³-hybridized carbons (Fsp3) is 0.167. The van der Waals surface area contributed by atoms with Crippen molar-refractivity contribution in [2.45, 2.75) is 12.4 Å². The summed E-state index contributed by atoms with van der Waals surface area (Å²) >= 11 is 0. The molecule has 0 fully saturated rings. The average molecular weight is 335 g/mol. The molecule has 22 heavy (non-hydrogen) atoms. The minimum atomic E-state index is -5.77. The van der Waals surface area contributed by atoms with Gasteiger partial charge in [-0.15, -0.1) is 0 Å². The predicted octanol–water partition coefficient (Wildman–Crippen LogP) is 2.47. The Morgan fingerprint density at radius 2 is 1.91 bits per heavy atom. The molecule has 1 N–H and O–H groups in total. The SMILES string of the molecule is Cc1nc(C(=O)O)cc2ccc(OS(=O)(=O)C(F)(F)F)cc12. The van der Waals surface area contributed by atoms with Crippen LogP contribution in [0.4, 0.5) is 13.2 Å². The number of rotatable bonds is 3. The fourth-order valence-electron chi connectivity index (χ4n) is 1.73. The Kier molecular flexibility index (Phi) is 3.73. The van der Waals surface area contributed by atoms with Crippen LogP contribution in [0.2, 0.25) is 0 Å². The van der Waals surface area contributed by atoms with Crippen LogP contribution in [-0.4, -0.2) is 30.0 Å². The second kappa shape index (κ2) is 5.13. The Labute approximate surface area is 122 Å². The van der Waals surface area contributed by atoms with Gasteiger partial charge in [-0.2, -0.15) is 21.6 Å². The number of carbonyl (C=O) groups is 1. The third kappa shape index (κ3) is 2.96. The predicted molar refractivity (Wildman–Crippen MR) is 69.0 cm³/mol. The molecule has 0 bridgehead atoms. The molecular formula is C12H8F3NO5S. The molecular weight excluding hydrogens is 327 g/mol. The minimum Gasteiger partial charge on any atom is -0.477 e. The Hall–Kier alpha value is -2.36. The molecule has 0 radical (unpaired) electrons. The third-order valence-electron chi connectivity index (χ3n) is 2.70. The lowest BCUT2D eigenvalue weighted by atomic mass is 10.1. The summed E-state index contributed by atoms with van der Waals surface area (Å²) in [5.74, 6) is -1.80. The summed E-state index contributed by atoms with van der Waals surface area (Å²) in [6.07, 6.45) is 0. The number of benzene rings is 1. The van der Waals surface area contributed by atoms with Gasteiger partial charge in [0.1, 0.15) is 11.4 Å². The van der Waals surface area contributed by atoms with Gasteiger partial charge in [0.2, 0.25) is 0 Å². The Balaban J connectivity index is 2.50. The van der Waals surface area contributed by atoms with Gasteiger partial charge in [-0.1, -0.05) is 6.07 Å². The lowest BCUT2D eigenvalue weighted by molar-refractivity contribution is -0.0500. The van der Waals surface area contributed by atoms with E-state index in [1.165, 1.54) is 19.1 Å². The Morgan fingerprint density at radius 1 is 1.27 bits per heavy atom. The molecule has 2 rings (SSSR count). The minimum absolute atomic E-state index is 0.213. The van der Waals surface area contributed by atoms with E-state index in [2.05, 4.69) is 9.17 Å². The molecule has 1 aromatic carbocycles. The molecule has 0 saturated carbocycles. The van der Waals surface area contributed by atoms with Gasteiger partial charge in [0, 0.05) is 11.1 Å². The number of aryl methyl sites for hydroxylation is 1. The van der Waals surface area contributed by atoms with Crippen molar-refractivity contribution in [3.05, 3.63) is 35.7 Å². The van der Waals surface area contributed by atoms with Crippen LogP contribution in [0.1, 0.15) is 16.2 Å². The zero-order valence-electron chi connectivity index (χ0n) is 10.9. The monoisotopic (exact) mass is 335 g/mol. The highest BCUT2D eigenvalue weighted by atomic mass is 32.2. The molecule has 10 heteroatoms. The highest BCUT2D eigenvalue weighted by Crippen LogP contribution is 2.29. The summed E-state index contributed by atoms with van der Waals surface area (Å²) in [7, 11) is -5.77. The number of alkyl halides is 3. The van der Waals surface area contributed by atoms with Crippen LogP contribution in [0.3, 0.4) is 0 Å². The number of aromatic carboxylic acids is 1. The largest absolute Gasteiger partial charge is 0.534 e. The van der Waals surface area contributed by atoms with Gasteiger partial charge in [0.15, 0.2) is 0 Å². The van der Waals surface area contributed by atoms with Crippen molar-refractivity contribution >= 4 is 26.9 Å². The van der Waals surface area contributed by atoms with Crippen molar-refractivity contribution in [1.82, 2.24) is 4.98 Å². The number of pyridine rings is 1. The quantitative estimate of drug-likeness (QED) is 0.684. The van der Waals surface area contributed by atoms with Crippen molar-refractivity contribution in [1.29, 1.82) is 0 Å². The molecule has 0 atom stereocenters. The van der Waals surface area contributed by atoms with Crippen molar-refractivity contribution in [2.24, 2.45) is 0 Å². The highest BCUT2D eigenvalue weighted by molar-refractivity contribution is 7.88. The second-order valence-electron chi connectivity index (χ2n) is 4.26. The van der Waals surface area contributed by atoms with Crippen LogP contribution in [0.25, 0.3) is 10.8 Å². The topological polar surface area (TPSA) is 93.6 Å². The van der Waals surface area contributed by atoms with Gasteiger partial charge in [0.05, 0.1) is 0 Å². The van der Waals surface area contributed by atoms with E-state index in [-0.39, 0.29) is 16.8 Å². The molecule has 118 valence electrons. The molecule has 0 spiro atoms. The van der Waals surface area contributed by atoms with Crippen molar-refractivity contribution < 1.29 is 35.7 Å². The number of aromatic nitrogens is 1. The van der Waals surface area contributed by atoms with E-state index in [4.69, 9.17) is 5.11 Å². The maximum atomic E-state index is 12.3. The van der Waals surface area contributed by atoms with E-state index in [0.29, 0.717) is 5.39 Å². The summed E-state index contributed by atoms with van der Waals surface area (Å²) < 4.78 is 62.7. The summed E-state index contributed by atoms with van der Waals surface area (Å²) in [6.45, 7) is 1.44. The molecule has 6 nitrogen and oxygen atoms in total. The van der Waals surface area contributed by atoms with Crippen molar-refractivity contribution in [3.63, 3.8) is 0 Å². The standard InChI is InChI=1S/C12H8F3NO5S/c1-6-9-5-8(21-22(19,20)12(13,14)15)3-2-7(9)4-10(16-6)11(17)18/h2-5H,1H3,(H,17,18). The van der Waals surface area contributed by atoms with E-state index in [9.17, 15) is 26.4 Å². The summed E-state index contributed by atoms with van der Waals surface area (Å²) in [4.78, 5) is 14.6. The number of carboxylic acid groups (broad SMARTS) is 1. The molecule has 0 saturated heterocycles. The van der Waals surface area contributed by atoms with Crippen molar-refractivity contribution in [2.75, 3.05) is 0 Å². The van der Waals surface area contributed by atoms with Crippen LogP contribution >= 0.6 is 0 Å². The molecule has 0 aliphatic carbocycles. The normalized spacial score (nSPS) is 12.4. The van der Waals surface area contributed by atoms with Gasteiger partial charge in [-0.05, 0) is 30.5 Å². The van der Waals surface area contributed by atoms with Gasteiger partial charge < -0.3 is 9.29 Å². The van der Waals surface area contributed by atoms with Crippen LogP contribution in [0.15, 0.2) is 24.3 Å². The summed E-state index contributed by atoms with van der Waals surface area (Å²) in [5, 5.41) is 9.53. The molecule has 0 aliphatic heterocycles. The van der Waals surface area contributed by atoms with Gasteiger partial charge >= 0.3 is 21.6 Å². The van der Waals surface area contributed by atoms with Crippen LogP contribution < -0.4 is 4.18 Å². The lowest BCUT2D eigenvalue weighted by Crippen LogP contribution is -2.28. The van der Waals surface area contributed by atoms with Gasteiger partial charge in [-0.25, -0.2) is 9.78 Å². The first kappa shape index (κ1) is 16.0. The number of hydrogen-bond acceptors (Lipinski definition) is 5. The van der Waals surface area contributed by atoms with E-state index in [0.717, 1.165) is 12.1 Å². The molecule has 1 heterocycles. The molecule has 0 unspecified atom stereocenters. The van der Waals surface area contributed by atoms with E-state index in [1.807, 2.05) is 0 Å². The molecule has 0 aliphatic rings. The maximum absolute atomic E-state index is 12.3. The number of halogens is 3. The Bertz CT molecular complexity index is 861. The fourth-order valence-corrected chi connectivity index (χ4v) is 2.18. The summed E-state index contributed by atoms with van der Waals surface area (Å²) in [5.41, 5.74) is -5.56. The Morgan fingerprint density at radius 3 is 2.45 bits per heavy atom. The number of hydrogen-bond donors (Lipinski definition) is 1. The van der Waals surface area contributed by atoms with Crippen molar-refractivity contribution in [3.8, 4) is 5.75 Å². The first-order valence-electron chi connectivity index (χ1n) is 5.67. The molecule has 0 amide bonds. The van der Waals surface area contributed by atoms with Gasteiger partial charge in [-0.3, -0.25) is 0 Å². The second-order valence-corrected chi connectivity index (χ2v) is 5.80. The van der Waals surface area contributed by atoms with E-state index < -0.39 is 27.3 Å². The number of fused-ring (bicyclic) bond motifs is 1. The first-order chi connectivity index (χ1) is 10.0. The zero-order valence-corrected chi connectivity index (χ0v) is 11.7. The maximum Gasteiger partial charge on any atom is 0.534 e. The third-order valence-corrected chi connectivity index (χ3v) is 3.68. The van der Waals surface area contributed by atoms with Crippen LogP contribution in [0, 0.1) is 6.92 Å². The average Bonchev–Trinajstić information content (AvgIpc) is 2.37. The lowest BCUT2D eigenvalue weighted by Gasteiger charge is -2.10. The van der Waals surface area contributed by atoms with Crippen LogP contribution in [0.5, 0.6) is 5.75 Å². The van der Waals surface area contributed by atoms with Crippen LogP contribution in [-0.2, 0) is 10.1 Å². The number of nitrogens with zero attached hydrogens (tertiary/aromatic N) is 1. The smallest absolute Gasteiger partial charge is 0.477 e. The van der Waals surface area contributed by atoms with E-state index >= 15 is 0 Å². The molecule has 2 aromatic rings.